The van der Waals surface area contributed by atoms with Crippen molar-refractivity contribution >= 4 is 23.9 Å². The summed E-state index contributed by atoms with van der Waals surface area (Å²) >= 11 is 0. The van der Waals surface area contributed by atoms with E-state index in [-0.39, 0.29) is 39.3 Å². The second-order valence-corrected chi connectivity index (χ2v) is 15.4. The summed E-state index contributed by atoms with van der Waals surface area (Å²) in [6.45, 7) is 12.8. The smallest absolute Gasteiger partial charge is 0.330 e. The van der Waals surface area contributed by atoms with Gasteiger partial charge in [0, 0.05) is 18.8 Å². The molecule has 318 valence electrons. The number of benzene rings is 4. The summed E-state index contributed by atoms with van der Waals surface area (Å²) in [6.07, 6.45) is 4.63. The lowest BCUT2D eigenvalue weighted by Crippen LogP contribution is -2.38. The van der Waals surface area contributed by atoms with Crippen molar-refractivity contribution in [3.05, 3.63) is 162 Å². The van der Waals surface area contributed by atoms with Crippen molar-refractivity contribution in [2.24, 2.45) is 11.8 Å². The predicted octanol–water partition coefficient (Wildman–Crippen LogP) is 8.12. The first kappa shape index (κ1) is 44.3. The van der Waals surface area contributed by atoms with E-state index in [2.05, 4.69) is 73.8 Å². The molecule has 2 aliphatic carbocycles. The minimum Gasteiger partial charge on any atom is -0.491 e. The molecule has 0 radical (unpaired) electrons. The first-order valence-electron chi connectivity index (χ1n) is 20.4. The van der Waals surface area contributed by atoms with Crippen molar-refractivity contribution in [2.75, 3.05) is 33.0 Å². The Bertz CT molecular complexity index is 2190. The number of aliphatic carboxylic acids is 1. The number of fused-ring (bicyclic) bond motifs is 3. The Morgan fingerprint density at radius 2 is 1.25 bits per heavy atom. The van der Waals surface area contributed by atoms with Gasteiger partial charge in [0.15, 0.2) is 6.10 Å². The van der Waals surface area contributed by atoms with Crippen LogP contribution < -0.4 is 4.74 Å². The second kappa shape index (κ2) is 19.8. The molecule has 0 spiro atoms. The van der Waals surface area contributed by atoms with Crippen LogP contribution in [-0.2, 0) is 53.9 Å². The van der Waals surface area contributed by atoms with Crippen LogP contribution in [0.1, 0.15) is 61.4 Å². The van der Waals surface area contributed by atoms with Crippen molar-refractivity contribution in [3.8, 4) is 16.9 Å². The van der Waals surface area contributed by atoms with E-state index in [0.717, 1.165) is 51.1 Å². The van der Waals surface area contributed by atoms with Crippen molar-refractivity contribution in [2.45, 2.75) is 56.8 Å². The fourth-order valence-electron chi connectivity index (χ4n) is 8.08. The van der Waals surface area contributed by atoms with Crippen molar-refractivity contribution in [3.63, 3.8) is 0 Å². The fraction of sp³-hybridized carbons (Fsp3) is 0.320. The third-order valence-corrected chi connectivity index (χ3v) is 11.2. The predicted molar refractivity (Wildman–Crippen MR) is 229 cm³/mol. The van der Waals surface area contributed by atoms with E-state index in [0.29, 0.717) is 12.4 Å². The number of allylic oxidation sites excluding steroid dienone is 2. The molecule has 4 unspecified atom stereocenters. The average Bonchev–Trinajstić information content (AvgIpc) is 3.59. The molecule has 1 N–H and O–H groups in total. The number of rotatable bonds is 20. The van der Waals surface area contributed by atoms with E-state index < -0.39 is 58.9 Å². The zero-order chi connectivity index (χ0) is 43.6. The number of carbonyl (C=O) groups excluding carboxylic acids is 3. The number of carbonyl (C=O) groups is 4. The highest BCUT2D eigenvalue weighted by Crippen LogP contribution is 2.56. The minimum atomic E-state index is -1.08. The lowest BCUT2D eigenvalue weighted by Gasteiger charge is -2.35. The maximum absolute atomic E-state index is 13.3. The monoisotopic (exact) mass is 828 g/mol. The Kier molecular flexibility index (Phi) is 14.4. The first-order valence-corrected chi connectivity index (χ1v) is 20.4. The molecule has 0 aliphatic heterocycles. The first-order chi connectivity index (χ1) is 29.4. The summed E-state index contributed by atoms with van der Waals surface area (Å²) < 4.78 is 34.5. The van der Waals surface area contributed by atoms with E-state index in [1.54, 1.807) is 12.2 Å². The molecule has 0 fully saturated rings. The summed E-state index contributed by atoms with van der Waals surface area (Å²) in [6, 6.07) is 33.1. The van der Waals surface area contributed by atoms with Crippen molar-refractivity contribution in [1.29, 1.82) is 0 Å². The molecular weight excluding hydrogens is 777 g/mol. The van der Waals surface area contributed by atoms with Gasteiger partial charge in [0.2, 0.25) is 0 Å². The Balaban J connectivity index is 1.27. The maximum Gasteiger partial charge on any atom is 0.330 e. The van der Waals surface area contributed by atoms with E-state index in [1.165, 1.54) is 0 Å². The maximum atomic E-state index is 13.3. The van der Waals surface area contributed by atoms with Crippen LogP contribution in [-0.4, -0.2) is 74.2 Å². The molecule has 0 amide bonds. The van der Waals surface area contributed by atoms with Gasteiger partial charge < -0.3 is 33.5 Å². The number of hydrogen-bond donors (Lipinski definition) is 1. The summed E-state index contributed by atoms with van der Waals surface area (Å²) in [5.74, 6) is -4.15. The third-order valence-electron chi connectivity index (χ3n) is 11.2. The van der Waals surface area contributed by atoms with Crippen LogP contribution in [0.4, 0.5) is 0 Å². The molecule has 4 aromatic rings. The molecular formula is C50H52O11. The second-order valence-electron chi connectivity index (χ2n) is 15.4. The summed E-state index contributed by atoms with van der Waals surface area (Å²) in [5, 5.41) is 9.73. The molecule has 0 heterocycles. The molecule has 4 aromatic carbocycles. The van der Waals surface area contributed by atoms with Gasteiger partial charge >= 0.3 is 23.9 Å². The summed E-state index contributed by atoms with van der Waals surface area (Å²) in [4.78, 5) is 48.9. The molecule has 4 atom stereocenters. The Labute approximate surface area is 356 Å². The number of hydrogen-bond acceptors (Lipinski definition) is 10. The molecule has 11 heteroatoms. The quantitative estimate of drug-likeness (QED) is 0.0352. The number of esters is 3. The largest absolute Gasteiger partial charge is 0.491 e. The molecule has 0 saturated heterocycles. The van der Waals surface area contributed by atoms with Gasteiger partial charge in [0.05, 0.1) is 29.5 Å². The van der Waals surface area contributed by atoms with Gasteiger partial charge in [-0.3, -0.25) is 9.59 Å². The molecule has 0 saturated carbocycles. The van der Waals surface area contributed by atoms with Gasteiger partial charge in [0.25, 0.3) is 0 Å². The minimum absolute atomic E-state index is 0.0396. The molecule has 2 aliphatic rings. The molecule has 6 rings (SSSR count). The topological polar surface area (TPSA) is 144 Å². The van der Waals surface area contributed by atoms with Gasteiger partial charge in [-0.2, -0.15) is 0 Å². The number of carboxylic acids is 1. The average molecular weight is 829 g/mol. The highest BCUT2D eigenvalue weighted by molar-refractivity contribution is 5.86. The highest BCUT2D eigenvalue weighted by Gasteiger charge is 2.46. The van der Waals surface area contributed by atoms with Gasteiger partial charge in [-0.05, 0) is 84.7 Å². The lowest BCUT2D eigenvalue weighted by molar-refractivity contribution is -0.173. The molecule has 61 heavy (non-hydrogen) atoms. The zero-order valence-electron chi connectivity index (χ0n) is 34.8. The Morgan fingerprint density at radius 3 is 1.79 bits per heavy atom. The summed E-state index contributed by atoms with van der Waals surface area (Å²) in [7, 11) is 0. The third kappa shape index (κ3) is 9.85. The molecule has 0 aromatic heterocycles. The SMILES string of the molecule is C=CC(=O)OCC(COc1ccc(C2(c3ccc(C(C)(C)OCC(COC(=O)C=C)OC(=O)C4CC=CCC4C(=O)O)cc3)c3ccccc3-c3ccccc32)cc1)OCC. The van der Waals surface area contributed by atoms with Gasteiger partial charge in [-0.25, -0.2) is 9.59 Å². The summed E-state index contributed by atoms with van der Waals surface area (Å²) in [5.41, 5.74) is 5.83. The van der Waals surface area contributed by atoms with E-state index in [1.807, 2.05) is 57.2 Å². The van der Waals surface area contributed by atoms with Crippen LogP contribution in [0.3, 0.4) is 0 Å². The molecule has 11 nitrogen and oxygen atoms in total. The standard InChI is InChI=1S/C50H52O11/c1-6-45(51)58-30-37(56-8-3)29-57-36-27-25-35(26-28-36)50(43-19-13-11-15-39(43)40-16-12-14-20-44(40)50)34-23-21-33(22-24-34)49(4,5)60-32-38(31-59-46(52)7-2)61-48(55)42-18-10-9-17-41(42)47(53)54/h6-7,9-16,19-28,37-38,41-42H,1-2,8,17-18,29-32H2,3-5H3,(H,53,54). The van der Waals surface area contributed by atoms with Gasteiger partial charge in [0.1, 0.15) is 31.7 Å². The van der Waals surface area contributed by atoms with Crippen LogP contribution in [0.5, 0.6) is 5.75 Å². The van der Waals surface area contributed by atoms with Crippen LogP contribution in [0.25, 0.3) is 11.1 Å². The number of carboxylic acid groups (broad SMARTS) is 1. The van der Waals surface area contributed by atoms with Crippen molar-refractivity contribution in [1.82, 2.24) is 0 Å². The van der Waals surface area contributed by atoms with Crippen LogP contribution in [0.2, 0.25) is 0 Å². The number of ether oxygens (including phenoxy) is 6. The van der Waals surface area contributed by atoms with Crippen LogP contribution >= 0.6 is 0 Å². The van der Waals surface area contributed by atoms with Crippen LogP contribution in [0, 0.1) is 11.8 Å². The van der Waals surface area contributed by atoms with E-state index in [9.17, 15) is 24.3 Å². The zero-order valence-corrected chi connectivity index (χ0v) is 34.8. The van der Waals surface area contributed by atoms with Gasteiger partial charge in [-0.15, -0.1) is 0 Å². The Morgan fingerprint density at radius 1 is 0.721 bits per heavy atom. The van der Waals surface area contributed by atoms with Crippen LogP contribution in [0.15, 0.2) is 135 Å². The molecule has 0 bridgehead atoms. The normalized spacial score (nSPS) is 17.2. The Hall–Kier alpha value is -6.30. The lowest BCUT2D eigenvalue weighted by atomic mass is 9.67. The van der Waals surface area contributed by atoms with E-state index >= 15 is 0 Å². The highest BCUT2D eigenvalue weighted by atomic mass is 16.6. The van der Waals surface area contributed by atoms with Gasteiger partial charge in [-0.1, -0.05) is 110 Å². The van der Waals surface area contributed by atoms with Crippen molar-refractivity contribution < 1.29 is 52.7 Å². The van der Waals surface area contributed by atoms with E-state index in [4.69, 9.17) is 28.4 Å². The fourth-order valence-corrected chi connectivity index (χ4v) is 8.08.